The van der Waals surface area contributed by atoms with E-state index in [9.17, 15) is 9.18 Å². The van der Waals surface area contributed by atoms with Crippen molar-refractivity contribution < 1.29 is 13.9 Å². The van der Waals surface area contributed by atoms with E-state index in [1.165, 1.54) is 16.5 Å². The van der Waals surface area contributed by atoms with Crippen molar-refractivity contribution in [3.05, 3.63) is 89.2 Å². The maximum absolute atomic E-state index is 14.1. The van der Waals surface area contributed by atoms with Gasteiger partial charge in [0.1, 0.15) is 11.6 Å². The van der Waals surface area contributed by atoms with E-state index in [1.54, 1.807) is 31.0 Å². The van der Waals surface area contributed by atoms with E-state index in [2.05, 4.69) is 31.2 Å². The number of carbonyl (C=O) groups is 1. The van der Waals surface area contributed by atoms with Crippen LogP contribution in [0.4, 0.5) is 10.1 Å². The number of halogens is 1. The molecule has 0 aromatic heterocycles. The molecule has 1 heterocycles. The third-order valence-electron chi connectivity index (χ3n) is 5.70. The third kappa shape index (κ3) is 5.07. The lowest BCUT2D eigenvalue weighted by Gasteiger charge is -2.36. The molecule has 1 aliphatic rings. The monoisotopic (exact) mass is 450 g/mol. The predicted molar refractivity (Wildman–Crippen MR) is 128 cm³/mol. The first-order valence-electron chi connectivity index (χ1n) is 10.7. The molecule has 3 aromatic carbocycles. The summed E-state index contributed by atoms with van der Waals surface area (Å²) < 4.78 is 19.6. The van der Waals surface area contributed by atoms with Crippen LogP contribution in [-0.2, 0) is 5.75 Å². The lowest BCUT2D eigenvalue weighted by atomic mass is 10.1. The van der Waals surface area contributed by atoms with Crippen LogP contribution in [0.2, 0.25) is 0 Å². The van der Waals surface area contributed by atoms with Crippen molar-refractivity contribution in [2.75, 3.05) is 38.2 Å². The van der Waals surface area contributed by atoms with Crippen LogP contribution in [-0.4, -0.2) is 44.1 Å². The van der Waals surface area contributed by atoms with E-state index in [1.807, 2.05) is 34.1 Å². The highest BCUT2D eigenvalue weighted by atomic mass is 32.2. The Balaban J connectivity index is 1.43. The first-order chi connectivity index (χ1) is 15.5. The molecular weight excluding hydrogens is 423 g/mol. The van der Waals surface area contributed by atoms with Crippen molar-refractivity contribution in [2.45, 2.75) is 17.6 Å². The summed E-state index contributed by atoms with van der Waals surface area (Å²) in [5, 5.41) is 0. The van der Waals surface area contributed by atoms with Gasteiger partial charge in [-0.15, -0.1) is 11.8 Å². The van der Waals surface area contributed by atoms with Crippen molar-refractivity contribution in [2.24, 2.45) is 0 Å². The van der Waals surface area contributed by atoms with Gasteiger partial charge in [0.05, 0.1) is 12.8 Å². The number of rotatable bonds is 6. The van der Waals surface area contributed by atoms with Crippen LogP contribution in [0, 0.1) is 12.7 Å². The average Bonchev–Trinajstić information content (AvgIpc) is 2.83. The minimum Gasteiger partial charge on any atom is -0.496 e. The maximum Gasteiger partial charge on any atom is 0.253 e. The quantitative estimate of drug-likeness (QED) is 0.471. The van der Waals surface area contributed by atoms with E-state index < -0.39 is 0 Å². The molecule has 0 saturated carbocycles. The second-order valence-corrected chi connectivity index (χ2v) is 8.91. The van der Waals surface area contributed by atoms with Gasteiger partial charge in [-0.2, -0.15) is 0 Å². The highest BCUT2D eigenvalue weighted by molar-refractivity contribution is 7.98. The van der Waals surface area contributed by atoms with Gasteiger partial charge in [0, 0.05) is 48.0 Å². The van der Waals surface area contributed by atoms with Crippen LogP contribution in [0.1, 0.15) is 21.5 Å². The number of carbonyl (C=O) groups excluding carboxylic acids is 1. The van der Waals surface area contributed by atoms with Gasteiger partial charge in [0.25, 0.3) is 5.91 Å². The van der Waals surface area contributed by atoms with Crippen molar-refractivity contribution in [1.29, 1.82) is 0 Å². The number of amides is 1. The maximum atomic E-state index is 14.1. The number of benzene rings is 3. The fraction of sp³-hybridized carbons (Fsp3) is 0.269. The molecule has 0 atom stereocenters. The van der Waals surface area contributed by atoms with Gasteiger partial charge >= 0.3 is 0 Å². The lowest BCUT2D eigenvalue weighted by molar-refractivity contribution is 0.0746. The van der Waals surface area contributed by atoms with Crippen molar-refractivity contribution >= 4 is 23.4 Å². The van der Waals surface area contributed by atoms with E-state index in [4.69, 9.17) is 4.74 Å². The molecule has 0 aliphatic carbocycles. The lowest BCUT2D eigenvalue weighted by Crippen LogP contribution is -2.49. The Morgan fingerprint density at radius 1 is 1.00 bits per heavy atom. The number of anilines is 1. The predicted octanol–water partition coefficient (Wildman–Crippen LogP) is 5.40. The van der Waals surface area contributed by atoms with Crippen molar-refractivity contribution in [1.82, 2.24) is 4.90 Å². The third-order valence-corrected chi connectivity index (χ3v) is 6.76. The topological polar surface area (TPSA) is 32.8 Å². The van der Waals surface area contributed by atoms with E-state index in [-0.39, 0.29) is 11.7 Å². The summed E-state index contributed by atoms with van der Waals surface area (Å²) in [5.74, 6) is 1.28. The molecule has 0 bridgehead atoms. The first kappa shape index (κ1) is 22.2. The number of methoxy groups -OCH3 is 1. The molecular formula is C26H27FN2O2S. The van der Waals surface area contributed by atoms with Gasteiger partial charge in [0.2, 0.25) is 0 Å². The van der Waals surface area contributed by atoms with Crippen molar-refractivity contribution in [3.63, 3.8) is 0 Å². The number of hydrogen-bond acceptors (Lipinski definition) is 4. The summed E-state index contributed by atoms with van der Waals surface area (Å²) in [6.45, 7) is 4.42. The zero-order chi connectivity index (χ0) is 22.5. The normalized spacial score (nSPS) is 13.8. The van der Waals surface area contributed by atoms with E-state index in [0.29, 0.717) is 43.2 Å². The number of nitrogens with zero attached hydrogens (tertiary/aromatic N) is 2. The number of para-hydroxylation sites is 1. The summed E-state index contributed by atoms with van der Waals surface area (Å²) in [4.78, 5) is 18.2. The molecule has 1 aliphatic heterocycles. The minimum absolute atomic E-state index is 0.00224. The number of thioether (sulfide) groups is 1. The van der Waals surface area contributed by atoms with Crippen LogP contribution in [0.25, 0.3) is 0 Å². The highest BCUT2D eigenvalue weighted by Gasteiger charge is 2.24. The number of piperazine rings is 1. The Bertz CT molecular complexity index is 1080. The molecule has 1 amide bonds. The smallest absolute Gasteiger partial charge is 0.253 e. The largest absolute Gasteiger partial charge is 0.496 e. The number of aryl methyl sites for hydroxylation is 1. The Labute approximate surface area is 193 Å². The second-order valence-electron chi connectivity index (χ2n) is 7.86. The summed E-state index contributed by atoms with van der Waals surface area (Å²) in [6.07, 6.45) is 0. The first-order valence-corrected chi connectivity index (χ1v) is 11.7. The molecule has 1 fully saturated rings. The van der Waals surface area contributed by atoms with Crippen molar-refractivity contribution in [3.8, 4) is 5.75 Å². The number of ether oxygens (including phenoxy) is 1. The zero-order valence-corrected chi connectivity index (χ0v) is 19.2. The van der Waals surface area contributed by atoms with E-state index >= 15 is 0 Å². The summed E-state index contributed by atoms with van der Waals surface area (Å²) >= 11 is 1.72. The molecule has 4 rings (SSSR count). The van der Waals surface area contributed by atoms with Gasteiger partial charge in [-0.25, -0.2) is 4.39 Å². The molecule has 4 nitrogen and oxygen atoms in total. The molecule has 1 saturated heterocycles. The van der Waals surface area contributed by atoms with Crippen LogP contribution in [0.15, 0.2) is 71.6 Å². The average molecular weight is 451 g/mol. The van der Waals surface area contributed by atoms with Gasteiger partial charge in [0.15, 0.2) is 0 Å². The Kier molecular flexibility index (Phi) is 7.00. The van der Waals surface area contributed by atoms with Crippen LogP contribution in [0.5, 0.6) is 5.75 Å². The van der Waals surface area contributed by atoms with Gasteiger partial charge in [-0.1, -0.05) is 29.8 Å². The minimum atomic E-state index is -0.224. The van der Waals surface area contributed by atoms with Gasteiger partial charge < -0.3 is 14.5 Å². The van der Waals surface area contributed by atoms with Crippen LogP contribution < -0.4 is 9.64 Å². The Morgan fingerprint density at radius 3 is 2.41 bits per heavy atom. The SMILES string of the molecule is COc1ccc(C(=O)N2CCN(c3ccccc3F)CC2)cc1CSc1ccc(C)cc1. The summed E-state index contributed by atoms with van der Waals surface area (Å²) in [7, 11) is 1.65. The molecule has 6 heteroatoms. The van der Waals surface area contributed by atoms with Gasteiger partial charge in [-0.3, -0.25) is 4.79 Å². The molecule has 0 N–H and O–H groups in total. The highest BCUT2D eigenvalue weighted by Crippen LogP contribution is 2.29. The molecule has 0 spiro atoms. The van der Waals surface area contributed by atoms with Crippen LogP contribution in [0.3, 0.4) is 0 Å². The zero-order valence-electron chi connectivity index (χ0n) is 18.4. The molecule has 0 unspecified atom stereocenters. The van der Waals surface area contributed by atoms with Crippen LogP contribution >= 0.6 is 11.8 Å². The second kappa shape index (κ2) is 10.1. The molecule has 3 aromatic rings. The fourth-order valence-corrected chi connectivity index (χ4v) is 4.74. The van der Waals surface area contributed by atoms with E-state index in [0.717, 1.165) is 11.3 Å². The number of hydrogen-bond donors (Lipinski definition) is 0. The Hall–Kier alpha value is -2.99. The standard InChI is InChI=1S/C26H27FN2O2S/c1-19-7-10-22(11-8-19)32-18-21-17-20(9-12-25(21)31-2)26(30)29-15-13-28(14-16-29)24-6-4-3-5-23(24)27/h3-12,17H,13-16,18H2,1-2H3. The molecule has 0 radical (unpaired) electrons. The molecule has 166 valence electrons. The summed E-state index contributed by atoms with van der Waals surface area (Å²) in [6, 6.07) is 20.8. The van der Waals surface area contributed by atoms with Gasteiger partial charge in [-0.05, 0) is 49.4 Å². The molecule has 32 heavy (non-hydrogen) atoms. The fourth-order valence-electron chi connectivity index (χ4n) is 3.86. The Morgan fingerprint density at radius 2 is 1.72 bits per heavy atom. The summed E-state index contributed by atoms with van der Waals surface area (Å²) in [5.41, 5.74) is 3.48.